The summed E-state index contributed by atoms with van der Waals surface area (Å²) < 4.78 is 1.00. The molecule has 0 aliphatic carbocycles. The summed E-state index contributed by atoms with van der Waals surface area (Å²) in [5, 5.41) is 11.7. The fourth-order valence-corrected chi connectivity index (χ4v) is 2.89. The molecule has 1 saturated heterocycles. The maximum atomic E-state index is 12.1. The molecule has 0 bridgehead atoms. The summed E-state index contributed by atoms with van der Waals surface area (Å²) in [5.74, 6) is -0.912. The van der Waals surface area contributed by atoms with Crippen molar-refractivity contribution >= 4 is 33.5 Å². The van der Waals surface area contributed by atoms with Crippen molar-refractivity contribution in [3.63, 3.8) is 0 Å². The molecule has 2 N–H and O–H groups in total. The second-order valence-corrected chi connectivity index (χ2v) is 6.23. The minimum Gasteiger partial charge on any atom is -0.481 e. The SMILES string of the molecule is Cc1cc(NC(=O)CN2CCCC2CC(=O)O)ccc1Br. The van der Waals surface area contributed by atoms with Crippen molar-refractivity contribution < 1.29 is 14.7 Å². The molecule has 5 nitrogen and oxygen atoms in total. The molecule has 1 aromatic rings. The fourth-order valence-electron chi connectivity index (χ4n) is 2.64. The summed E-state index contributed by atoms with van der Waals surface area (Å²) in [7, 11) is 0. The number of nitrogens with one attached hydrogen (secondary N) is 1. The normalized spacial score (nSPS) is 18.7. The van der Waals surface area contributed by atoms with Gasteiger partial charge < -0.3 is 10.4 Å². The van der Waals surface area contributed by atoms with Gasteiger partial charge >= 0.3 is 5.97 Å². The van der Waals surface area contributed by atoms with Gasteiger partial charge in [-0.1, -0.05) is 15.9 Å². The predicted molar refractivity (Wildman–Crippen MR) is 84.4 cm³/mol. The molecule has 6 heteroatoms. The van der Waals surface area contributed by atoms with Gasteiger partial charge in [0.25, 0.3) is 0 Å². The molecule has 1 fully saturated rings. The monoisotopic (exact) mass is 354 g/mol. The number of nitrogens with zero attached hydrogens (tertiary/aromatic N) is 1. The number of hydrogen-bond acceptors (Lipinski definition) is 3. The molecule has 0 spiro atoms. The van der Waals surface area contributed by atoms with E-state index in [1.165, 1.54) is 0 Å². The van der Waals surface area contributed by atoms with Gasteiger partial charge in [-0.25, -0.2) is 0 Å². The number of rotatable bonds is 5. The highest BCUT2D eigenvalue weighted by Gasteiger charge is 2.27. The van der Waals surface area contributed by atoms with Crippen LogP contribution in [0.5, 0.6) is 0 Å². The van der Waals surface area contributed by atoms with Crippen LogP contribution in [0.15, 0.2) is 22.7 Å². The highest BCUT2D eigenvalue weighted by atomic mass is 79.9. The molecule has 1 heterocycles. The van der Waals surface area contributed by atoms with Crippen LogP contribution in [0.1, 0.15) is 24.8 Å². The van der Waals surface area contributed by atoms with Crippen molar-refractivity contribution in [2.45, 2.75) is 32.2 Å². The van der Waals surface area contributed by atoms with Crippen LogP contribution < -0.4 is 5.32 Å². The summed E-state index contributed by atoms with van der Waals surface area (Å²) in [5.41, 5.74) is 1.81. The second-order valence-electron chi connectivity index (χ2n) is 5.38. The standard InChI is InChI=1S/C15H19BrN2O3/c1-10-7-11(4-5-13(10)16)17-14(19)9-18-6-2-3-12(18)8-15(20)21/h4-5,7,12H,2-3,6,8-9H2,1H3,(H,17,19)(H,20,21). The third-order valence-electron chi connectivity index (χ3n) is 3.70. The molecule has 0 radical (unpaired) electrons. The second kappa shape index (κ2) is 7.04. The minimum atomic E-state index is -0.809. The Morgan fingerprint density at radius 1 is 1.48 bits per heavy atom. The van der Waals surface area contributed by atoms with Crippen molar-refractivity contribution in [3.05, 3.63) is 28.2 Å². The Labute approximate surface area is 132 Å². The zero-order valence-corrected chi connectivity index (χ0v) is 13.5. The molecule has 21 heavy (non-hydrogen) atoms. The average molecular weight is 355 g/mol. The number of aliphatic carboxylic acids is 1. The lowest BCUT2D eigenvalue weighted by molar-refractivity contribution is -0.138. The summed E-state index contributed by atoms with van der Waals surface area (Å²) in [4.78, 5) is 24.9. The third-order valence-corrected chi connectivity index (χ3v) is 4.59. The van der Waals surface area contributed by atoms with Gasteiger partial charge in [0.1, 0.15) is 0 Å². The van der Waals surface area contributed by atoms with Gasteiger partial charge in [-0.3, -0.25) is 14.5 Å². The number of benzene rings is 1. The fraction of sp³-hybridized carbons (Fsp3) is 0.467. The van der Waals surface area contributed by atoms with E-state index in [0.717, 1.165) is 35.1 Å². The molecule has 1 aliphatic rings. The number of anilines is 1. The first-order valence-corrected chi connectivity index (χ1v) is 7.77. The Balaban J connectivity index is 1.91. The Bertz CT molecular complexity index is 548. The van der Waals surface area contributed by atoms with Gasteiger partial charge in [-0.15, -0.1) is 0 Å². The van der Waals surface area contributed by atoms with Crippen LogP contribution in [-0.4, -0.2) is 41.0 Å². The van der Waals surface area contributed by atoms with Crippen molar-refractivity contribution in [3.8, 4) is 0 Å². The van der Waals surface area contributed by atoms with Gasteiger partial charge in [-0.2, -0.15) is 0 Å². The van der Waals surface area contributed by atoms with Gasteiger partial charge in [0.15, 0.2) is 0 Å². The number of carboxylic acid groups (broad SMARTS) is 1. The molecule has 1 aromatic carbocycles. The lowest BCUT2D eigenvalue weighted by Crippen LogP contribution is -2.37. The highest BCUT2D eigenvalue weighted by molar-refractivity contribution is 9.10. The van der Waals surface area contributed by atoms with Crippen LogP contribution >= 0.6 is 15.9 Å². The summed E-state index contributed by atoms with van der Waals surface area (Å²) in [6.07, 6.45) is 1.89. The molecule has 1 aliphatic heterocycles. The van der Waals surface area contributed by atoms with Gasteiger partial charge in [0, 0.05) is 16.2 Å². The Morgan fingerprint density at radius 3 is 2.90 bits per heavy atom. The van der Waals surface area contributed by atoms with Crippen molar-refractivity contribution in [2.75, 3.05) is 18.4 Å². The number of carbonyl (C=O) groups is 2. The van der Waals surface area contributed by atoms with Crippen LogP contribution in [-0.2, 0) is 9.59 Å². The first-order valence-electron chi connectivity index (χ1n) is 6.97. The third kappa shape index (κ3) is 4.54. The van der Waals surface area contributed by atoms with Crippen LogP contribution in [0, 0.1) is 6.92 Å². The molecule has 0 saturated carbocycles. The van der Waals surface area contributed by atoms with E-state index in [4.69, 9.17) is 5.11 Å². The van der Waals surface area contributed by atoms with E-state index in [1.807, 2.05) is 30.0 Å². The van der Waals surface area contributed by atoms with E-state index in [2.05, 4.69) is 21.2 Å². The average Bonchev–Trinajstić information content (AvgIpc) is 2.80. The van der Waals surface area contributed by atoms with E-state index in [9.17, 15) is 9.59 Å². The summed E-state index contributed by atoms with van der Waals surface area (Å²) >= 11 is 3.42. The molecule has 0 aromatic heterocycles. The number of aryl methyl sites for hydroxylation is 1. The summed E-state index contributed by atoms with van der Waals surface area (Å²) in [6.45, 7) is 2.99. The first kappa shape index (κ1) is 16.0. The van der Waals surface area contributed by atoms with E-state index in [0.29, 0.717) is 0 Å². The Hall–Kier alpha value is -1.40. The van der Waals surface area contributed by atoms with Crippen LogP contribution in [0.4, 0.5) is 5.69 Å². The number of hydrogen-bond donors (Lipinski definition) is 2. The lowest BCUT2D eigenvalue weighted by Gasteiger charge is -2.22. The van der Waals surface area contributed by atoms with Gasteiger partial charge in [-0.05, 0) is 50.1 Å². The van der Waals surface area contributed by atoms with Gasteiger partial charge in [0.2, 0.25) is 5.91 Å². The molecule has 1 atom stereocenters. The summed E-state index contributed by atoms with van der Waals surface area (Å²) in [6, 6.07) is 5.61. The van der Waals surface area contributed by atoms with Crippen molar-refractivity contribution in [2.24, 2.45) is 0 Å². The smallest absolute Gasteiger partial charge is 0.304 e. The number of likely N-dealkylation sites (tertiary alicyclic amines) is 1. The van der Waals surface area contributed by atoms with Crippen LogP contribution in [0.2, 0.25) is 0 Å². The zero-order chi connectivity index (χ0) is 15.4. The molecule has 114 valence electrons. The predicted octanol–water partition coefficient (Wildman–Crippen LogP) is 2.64. The largest absolute Gasteiger partial charge is 0.481 e. The number of carboxylic acids is 1. The number of amides is 1. The maximum absolute atomic E-state index is 12.1. The molecule has 1 amide bonds. The van der Waals surface area contributed by atoms with E-state index in [-0.39, 0.29) is 24.9 Å². The minimum absolute atomic E-state index is 0.0279. The first-order chi connectivity index (χ1) is 9.95. The Morgan fingerprint density at radius 2 is 2.24 bits per heavy atom. The van der Waals surface area contributed by atoms with E-state index >= 15 is 0 Å². The van der Waals surface area contributed by atoms with Crippen LogP contribution in [0.25, 0.3) is 0 Å². The quantitative estimate of drug-likeness (QED) is 0.852. The van der Waals surface area contributed by atoms with Crippen LogP contribution in [0.3, 0.4) is 0 Å². The molecule has 2 rings (SSSR count). The van der Waals surface area contributed by atoms with E-state index in [1.54, 1.807) is 0 Å². The molecular weight excluding hydrogens is 336 g/mol. The van der Waals surface area contributed by atoms with Crippen molar-refractivity contribution in [1.82, 2.24) is 4.90 Å². The molecule has 1 unspecified atom stereocenters. The van der Waals surface area contributed by atoms with Gasteiger partial charge in [0.05, 0.1) is 13.0 Å². The Kier molecular flexibility index (Phi) is 5.36. The molecular formula is C15H19BrN2O3. The lowest BCUT2D eigenvalue weighted by atomic mass is 10.1. The zero-order valence-electron chi connectivity index (χ0n) is 11.9. The topological polar surface area (TPSA) is 69.6 Å². The highest BCUT2D eigenvalue weighted by Crippen LogP contribution is 2.21. The van der Waals surface area contributed by atoms with Crippen molar-refractivity contribution in [1.29, 1.82) is 0 Å². The van der Waals surface area contributed by atoms with E-state index < -0.39 is 5.97 Å². The number of carbonyl (C=O) groups excluding carboxylic acids is 1. The number of halogens is 1. The maximum Gasteiger partial charge on any atom is 0.304 e.